The lowest BCUT2D eigenvalue weighted by Gasteiger charge is -2.30. The largest absolute Gasteiger partial charge is 0.483 e. The van der Waals surface area contributed by atoms with E-state index in [1.54, 1.807) is 17.0 Å². The standard InChI is InChI=1S/C22H24ClNO4/c1-27-22(26)17-9-11-24(12-10-17)21(25)15-28-20-8-7-19(23)14-18(20)13-16-5-3-2-4-6-16/h2-8,14,17H,9-13,15H2,1H3. The van der Waals surface area contributed by atoms with E-state index < -0.39 is 0 Å². The third-order valence-corrected chi connectivity index (χ3v) is 5.23. The van der Waals surface area contributed by atoms with Crippen molar-refractivity contribution >= 4 is 23.5 Å². The number of carbonyl (C=O) groups is 2. The fourth-order valence-electron chi connectivity index (χ4n) is 3.40. The monoisotopic (exact) mass is 401 g/mol. The summed E-state index contributed by atoms with van der Waals surface area (Å²) >= 11 is 6.15. The van der Waals surface area contributed by atoms with Crippen molar-refractivity contribution in [1.82, 2.24) is 4.90 Å². The van der Waals surface area contributed by atoms with Crippen molar-refractivity contribution < 1.29 is 19.1 Å². The number of methoxy groups -OCH3 is 1. The highest BCUT2D eigenvalue weighted by Crippen LogP contribution is 2.26. The average Bonchev–Trinajstić information content (AvgIpc) is 2.73. The lowest BCUT2D eigenvalue weighted by Crippen LogP contribution is -2.42. The molecule has 148 valence electrons. The number of hydrogen-bond donors (Lipinski definition) is 0. The Bertz CT molecular complexity index is 817. The van der Waals surface area contributed by atoms with Gasteiger partial charge in [0.2, 0.25) is 0 Å². The third kappa shape index (κ3) is 5.26. The van der Waals surface area contributed by atoms with Gasteiger partial charge >= 0.3 is 5.97 Å². The molecule has 1 heterocycles. The summed E-state index contributed by atoms with van der Waals surface area (Å²) in [5.41, 5.74) is 2.08. The molecule has 0 aliphatic carbocycles. The molecule has 0 unspecified atom stereocenters. The first-order chi connectivity index (χ1) is 13.6. The van der Waals surface area contributed by atoms with Crippen molar-refractivity contribution in [2.45, 2.75) is 19.3 Å². The number of ether oxygens (including phenoxy) is 2. The molecule has 0 spiro atoms. The van der Waals surface area contributed by atoms with Crippen LogP contribution in [0.15, 0.2) is 48.5 Å². The minimum Gasteiger partial charge on any atom is -0.483 e. The molecule has 28 heavy (non-hydrogen) atoms. The number of esters is 1. The highest BCUT2D eigenvalue weighted by Gasteiger charge is 2.28. The van der Waals surface area contributed by atoms with Gasteiger partial charge in [0.25, 0.3) is 5.91 Å². The van der Waals surface area contributed by atoms with E-state index in [0.717, 1.165) is 11.1 Å². The second kappa shape index (κ2) is 9.60. The molecule has 2 aromatic rings. The van der Waals surface area contributed by atoms with Gasteiger partial charge in [-0.05, 0) is 42.2 Å². The number of halogens is 1. The van der Waals surface area contributed by atoms with Crippen LogP contribution in [0.5, 0.6) is 5.75 Å². The number of benzene rings is 2. The number of likely N-dealkylation sites (tertiary alicyclic amines) is 1. The van der Waals surface area contributed by atoms with Crippen molar-refractivity contribution in [3.8, 4) is 5.75 Å². The Morgan fingerprint density at radius 2 is 1.82 bits per heavy atom. The van der Waals surface area contributed by atoms with Crippen LogP contribution < -0.4 is 4.74 Å². The second-order valence-electron chi connectivity index (χ2n) is 6.88. The molecule has 0 bridgehead atoms. The van der Waals surface area contributed by atoms with Crippen LogP contribution in [0.4, 0.5) is 0 Å². The van der Waals surface area contributed by atoms with Crippen molar-refractivity contribution in [2.24, 2.45) is 5.92 Å². The molecule has 1 fully saturated rings. The molecular formula is C22H24ClNO4. The zero-order valence-corrected chi connectivity index (χ0v) is 16.7. The highest BCUT2D eigenvalue weighted by molar-refractivity contribution is 6.30. The smallest absolute Gasteiger partial charge is 0.308 e. The third-order valence-electron chi connectivity index (χ3n) is 4.99. The molecule has 3 rings (SSSR count). The van der Waals surface area contributed by atoms with E-state index >= 15 is 0 Å². The van der Waals surface area contributed by atoms with Gasteiger partial charge in [0.15, 0.2) is 6.61 Å². The summed E-state index contributed by atoms with van der Waals surface area (Å²) in [4.78, 5) is 25.9. The van der Waals surface area contributed by atoms with E-state index in [4.69, 9.17) is 21.1 Å². The summed E-state index contributed by atoms with van der Waals surface area (Å²) in [7, 11) is 1.40. The minimum absolute atomic E-state index is 0.0354. The number of hydrogen-bond acceptors (Lipinski definition) is 4. The Hall–Kier alpha value is -2.53. The SMILES string of the molecule is COC(=O)C1CCN(C(=O)COc2ccc(Cl)cc2Cc2ccccc2)CC1. The molecule has 1 amide bonds. The van der Waals surface area contributed by atoms with E-state index in [2.05, 4.69) is 0 Å². The van der Waals surface area contributed by atoms with Crippen molar-refractivity contribution in [1.29, 1.82) is 0 Å². The van der Waals surface area contributed by atoms with Gasteiger partial charge < -0.3 is 14.4 Å². The number of piperidine rings is 1. The summed E-state index contributed by atoms with van der Waals surface area (Å²) in [6, 6.07) is 15.5. The summed E-state index contributed by atoms with van der Waals surface area (Å²) in [5, 5.41) is 0.634. The van der Waals surface area contributed by atoms with Crippen molar-refractivity contribution in [3.05, 3.63) is 64.7 Å². The molecule has 2 aromatic carbocycles. The zero-order valence-electron chi connectivity index (χ0n) is 15.9. The number of carbonyl (C=O) groups excluding carboxylic acids is 2. The molecule has 0 atom stereocenters. The van der Waals surface area contributed by atoms with Crippen LogP contribution in [0, 0.1) is 5.92 Å². The topological polar surface area (TPSA) is 55.8 Å². The fraction of sp³-hybridized carbons (Fsp3) is 0.364. The summed E-state index contributed by atoms with van der Waals surface area (Å²) < 4.78 is 10.6. The first kappa shape index (κ1) is 20.2. The Morgan fingerprint density at radius 3 is 2.50 bits per heavy atom. The molecule has 0 N–H and O–H groups in total. The van der Waals surface area contributed by atoms with Gasteiger partial charge in [0, 0.05) is 24.5 Å². The number of nitrogens with zero attached hydrogens (tertiary/aromatic N) is 1. The molecule has 1 aliphatic rings. The van der Waals surface area contributed by atoms with Crippen LogP contribution in [-0.2, 0) is 20.7 Å². The normalized spacial score (nSPS) is 14.6. The first-order valence-corrected chi connectivity index (χ1v) is 9.75. The lowest BCUT2D eigenvalue weighted by atomic mass is 9.97. The van der Waals surface area contributed by atoms with Gasteiger partial charge in [0.05, 0.1) is 13.0 Å². The van der Waals surface area contributed by atoms with Crippen LogP contribution in [-0.4, -0.2) is 43.6 Å². The van der Waals surface area contributed by atoms with Gasteiger partial charge in [0.1, 0.15) is 5.75 Å². The molecule has 0 aromatic heterocycles. The van der Waals surface area contributed by atoms with Gasteiger partial charge in [-0.3, -0.25) is 9.59 Å². The Kier molecular flexibility index (Phi) is 6.93. The number of rotatable bonds is 6. The maximum Gasteiger partial charge on any atom is 0.308 e. The van der Waals surface area contributed by atoms with Crippen LogP contribution in [0.25, 0.3) is 0 Å². The molecule has 5 nitrogen and oxygen atoms in total. The van der Waals surface area contributed by atoms with Crippen LogP contribution in [0.3, 0.4) is 0 Å². The summed E-state index contributed by atoms with van der Waals surface area (Å²) in [6.07, 6.45) is 1.92. The van der Waals surface area contributed by atoms with E-state index in [9.17, 15) is 9.59 Å². The highest BCUT2D eigenvalue weighted by atomic mass is 35.5. The lowest BCUT2D eigenvalue weighted by molar-refractivity contribution is -0.149. The van der Waals surface area contributed by atoms with E-state index in [1.807, 2.05) is 36.4 Å². The predicted octanol–water partition coefficient (Wildman–Crippen LogP) is 3.72. The van der Waals surface area contributed by atoms with E-state index in [0.29, 0.717) is 43.1 Å². The van der Waals surface area contributed by atoms with Crippen LogP contribution in [0.1, 0.15) is 24.0 Å². The summed E-state index contributed by atoms with van der Waals surface area (Å²) in [6.45, 7) is 1.05. The van der Waals surface area contributed by atoms with Crippen molar-refractivity contribution in [3.63, 3.8) is 0 Å². The molecule has 6 heteroatoms. The van der Waals surface area contributed by atoms with E-state index in [1.165, 1.54) is 7.11 Å². The molecule has 1 aliphatic heterocycles. The fourth-order valence-corrected chi connectivity index (χ4v) is 3.60. The average molecular weight is 402 g/mol. The van der Waals surface area contributed by atoms with Crippen molar-refractivity contribution in [2.75, 3.05) is 26.8 Å². The molecular weight excluding hydrogens is 378 g/mol. The quantitative estimate of drug-likeness (QED) is 0.692. The maximum atomic E-state index is 12.5. The Balaban J connectivity index is 1.58. The first-order valence-electron chi connectivity index (χ1n) is 9.37. The van der Waals surface area contributed by atoms with E-state index in [-0.39, 0.29) is 24.4 Å². The zero-order chi connectivity index (χ0) is 19.9. The predicted molar refractivity (Wildman–Crippen MR) is 108 cm³/mol. The Morgan fingerprint density at radius 1 is 1.11 bits per heavy atom. The van der Waals surface area contributed by atoms with Crippen LogP contribution >= 0.6 is 11.6 Å². The van der Waals surface area contributed by atoms with Gasteiger partial charge in [-0.1, -0.05) is 41.9 Å². The van der Waals surface area contributed by atoms with Gasteiger partial charge in [-0.2, -0.15) is 0 Å². The van der Waals surface area contributed by atoms with Gasteiger partial charge in [-0.25, -0.2) is 0 Å². The molecule has 0 radical (unpaired) electrons. The number of amides is 1. The second-order valence-corrected chi connectivity index (χ2v) is 7.32. The molecule has 0 saturated carbocycles. The van der Waals surface area contributed by atoms with Gasteiger partial charge in [-0.15, -0.1) is 0 Å². The minimum atomic E-state index is -0.199. The van der Waals surface area contributed by atoms with Crippen LogP contribution in [0.2, 0.25) is 5.02 Å². The maximum absolute atomic E-state index is 12.5. The Labute approximate surface area is 170 Å². The summed E-state index contributed by atoms with van der Waals surface area (Å²) in [5.74, 6) is 0.258. The molecule has 1 saturated heterocycles.